The first-order valence-electron chi connectivity index (χ1n) is 4.37. The fraction of sp³-hybridized carbons (Fsp3) is 0.455. The lowest BCUT2D eigenvalue weighted by atomic mass is 10.0. The number of hydrogen-bond donors (Lipinski definition) is 0. The molecule has 2 rings (SSSR count). The average molecular weight is 144 g/mol. The number of rotatable bonds is 0. The molecule has 0 fully saturated rings. The summed E-state index contributed by atoms with van der Waals surface area (Å²) < 4.78 is 0. The highest BCUT2D eigenvalue weighted by atomic mass is 14.1. The Bertz CT molecular complexity index is 213. The fourth-order valence-electron chi connectivity index (χ4n) is 1.69. The van der Waals surface area contributed by atoms with Crippen LogP contribution in [0.5, 0.6) is 0 Å². The summed E-state index contributed by atoms with van der Waals surface area (Å²) in [6.07, 6.45) is 6.47. The zero-order chi connectivity index (χ0) is 7.52. The summed E-state index contributed by atoms with van der Waals surface area (Å²) in [6, 6.07) is 10.5. The summed E-state index contributed by atoms with van der Waals surface area (Å²) in [5.41, 5.74) is 2.81. The molecule has 0 bridgehead atoms. The van der Waals surface area contributed by atoms with E-state index >= 15 is 0 Å². The summed E-state index contributed by atoms with van der Waals surface area (Å²) >= 11 is 0. The van der Waals surface area contributed by atoms with E-state index in [1.807, 2.05) is 12.1 Å². The van der Waals surface area contributed by atoms with E-state index in [4.69, 9.17) is 0 Å². The average Bonchev–Trinajstić information content (AvgIpc) is 2.28. The van der Waals surface area contributed by atoms with Crippen molar-refractivity contribution in [2.75, 3.05) is 0 Å². The molecule has 0 saturated heterocycles. The van der Waals surface area contributed by atoms with Gasteiger partial charge in [-0.15, -0.1) is 0 Å². The molecule has 0 unspecified atom stereocenters. The first-order valence-corrected chi connectivity index (χ1v) is 4.37. The summed E-state index contributed by atoms with van der Waals surface area (Å²) in [5.74, 6) is 0. The SMILES string of the molecule is [c]1cc[c]c2c1CCCCC2. The molecule has 0 N–H and O–H groups in total. The molecule has 2 radical (unpaired) electrons. The summed E-state index contributed by atoms with van der Waals surface area (Å²) in [6.45, 7) is 0. The van der Waals surface area contributed by atoms with Crippen LogP contribution in [0.4, 0.5) is 0 Å². The van der Waals surface area contributed by atoms with Crippen molar-refractivity contribution in [3.8, 4) is 0 Å². The topological polar surface area (TPSA) is 0 Å². The van der Waals surface area contributed by atoms with Gasteiger partial charge in [-0.1, -0.05) is 18.6 Å². The van der Waals surface area contributed by atoms with Gasteiger partial charge < -0.3 is 0 Å². The van der Waals surface area contributed by atoms with E-state index in [0.717, 1.165) is 0 Å². The van der Waals surface area contributed by atoms with Crippen LogP contribution in [0.1, 0.15) is 30.4 Å². The second-order valence-corrected chi connectivity index (χ2v) is 3.14. The highest BCUT2D eigenvalue weighted by molar-refractivity contribution is 5.25. The minimum absolute atomic E-state index is 1.21. The second-order valence-electron chi connectivity index (χ2n) is 3.14. The maximum absolute atomic E-state index is 3.30. The first kappa shape index (κ1) is 6.90. The van der Waals surface area contributed by atoms with E-state index in [-0.39, 0.29) is 0 Å². The van der Waals surface area contributed by atoms with Crippen LogP contribution in [0.3, 0.4) is 0 Å². The lowest BCUT2D eigenvalue weighted by molar-refractivity contribution is 0.711. The number of hydrogen-bond acceptors (Lipinski definition) is 0. The Morgan fingerprint density at radius 2 is 1.36 bits per heavy atom. The van der Waals surface area contributed by atoms with Crippen LogP contribution in [0.25, 0.3) is 0 Å². The highest BCUT2D eigenvalue weighted by Gasteiger charge is 2.05. The smallest absolute Gasteiger partial charge is 0.0146 e. The van der Waals surface area contributed by atoms with Crippen LogP contribution in [0.15, 0.2) is 12.1 Å². The third kappa shape index (κ3) is 1.45. The van der Waals surface area contributed by atoms with E-state index in [2.05, 4.69) is 12.1 Å². The molecular formula is C11H12. The zero-order valence-corrected chi connectivity index (χ0v) is 6.69. The van der Waals surface area contributed by atoms with Crippen LogP contribution in [-0.2, 0) is 12.8 Å². The van der Waals surface area contributed by atoms with Gasteiger partial charge in [0.15, 0.2) is 0 Å². The normalized spacial score (nSPS) is 17.1. The predicted octanol–water partition coefficient (Wildman–Crippen LogP) is 2.56. The maximum atomic E-state index is 3.30. The summed E-state index contributed by atoms with van der Waals surface area (Å²) in [5, 5.41) is 0. The van der Waals surface area contributed by atoms with Crippen LogP contribution >= 0.6 is 0 Å². The molecule has 0 aromatic heterocycles. The Hall–Kier alpha value is -0.780. The van der Waals surface area contributed by atoms with E-state index in [1.54, 1.807) is 0 Å². The van der Waals surface area contributed by atoms with Crippen LogP contribution in [0, 0.1) is 12.1 Å². The molecule has 1 aliphatic rings. The van der Waals surface area contributed by atoms with Crippen molar-refractivity contribution in [2.24, 2.45) is 0 Å². The van der Waals surface area contributed by atoms with Crippen LogP contribution in [-0.4, -0.2) is 0 Å². The van der Waals surface area contributed by atoms with Crippen molar-refractivity contribution < 1.29 is 0 Å². The van der Waals surface area contributed by atoms with Gasteiger partial charge in [0, 0.05) is 0 Å². The molecule has 1 aromatic rings. The maximum Gasteiger partial charge on any atom is -0.0146 e. The number of benzene rings is 1. The molecule has 0 saturated carbocycles. The van der Waals surface area contributed by atoms with Crippen LogP contribution < -0.4 is 0 Å². The van der Waals surface area contributed by atoms with Crippen molar-refractivity contribution in [3.63, 3.8) is 0 Å². The molecule has 0 atom stereocenters. The van der Waals surface area contributed by atoms with Gasteiger partial charge in [0.25, 0.3) is 0 Å². The monoisotopic (exact) mass is 144 g/mol. The van der Waals surface area contributed by atoms with E-state index < -0.39 is 0 Å². The van der Waals surface area contributed by atoms with E-state index in [9.17, 15) is 0 Å². The van der Waals surface area contributed by atoms with Gasteiger partial charge in [-0.25, -0.2) is 0 Å². The highest BCUT2D eigenvalue weighted by Crippen LogP contribution is 2.18. The molecule has 11 heavy (non-hydrogen) atoms. The third-order valence-corrected chi connectivity index (χ3v) is 2.32. The Labute approximate surface area is 68.3 Å². The minimum atomic E-state index is 1.21. The van der Waals surface area contributed by atoms with Gasteiger partial charge in [0.05, 0.1) is 0 Å². The Morgan fingerprint density at radius 1 is 0.818 bits per heavy atom. The van der Waals surface area contributed by atoms with Gasteiger partial charge in [0.2, 0.25) is 0 Å². The first-order chi connectivity index (χ1) is 5.47. The molecule has 1 aromatic carbocycles. The molecule has 0 nitrogen and oxygen atoms in total. The van der Waals surface area contributed by atoms with Gasteiger partial charge in [-0.3, -0.25) is 0 Å². The minimum Gasteiger partial charge on any atom is -0.0535 e. The number of fused-ring (bicyclic) bond motifs is 1. The van der Waals surface area contributed by atoms with E-state index in [1.165, 1.54) is 43.2 Å². The lowest BCUT2D eigenvalue weighted by Crippen LogP contribution is -1.89. The molecule has 56 valence electrons. The van der Waals surface area contributed by atoms with E-state index in [0.29, 0.717) is 0 Å². The lowest BCUT2D eigenvalue weighted by Gasteiger charge is -2.01. The Balaban J connectivity index is 2.33. The molecule has 1 aliphatic carbocycles. The second kappa shape index (κ2) is 3.08. The van der Waals surface area contributed by atoms with Crippen LogP contribution in [0.2, 0.25) is 0 Å². The largest absolute Gasteiger partial charge is 0.0535 e. The van der Waals surface area contributed by atoms with Crippen molar-refractivity contribution in [1.82, 2.24) is 0 Å². The summed E-state index contributed by atoms with van der Waals surface area (Å²) in [7, 11) is 0. The van der Waals surface area contributed by atoms with Crippen molar-refractivity contribution in [1.29, 1.82) is 0 Å². The molecule has 0 heteroatoms. The Morgan fingerprint density at radius 3 is 1.91 bits per heavy atom. The molecule has 0 spiro atoms. The molecule has 0 heterocycles. The predicted molar refractivity (Wildman–Crippen MR) is 45.4 cm³/mol. The Kier molecular flexibility index (Phi) is 1.93. The molecular weight excluding hydrogens is 132 g/mol. The zero-order valence-electron chi connectivity index (χ0n) is 6.69. The van der Waals surface area contributed by atoms with Gasteiger partial charge in [-0.05, 0) is 48.9 Å². The summed E-state index contributed by atoms with van der Waals surface area (Å²) in [4.78, 5) is 0. The van der Waals surface area contributed by atoms with Crippen molar-refractivity contribution in [2.45, 2.75) is 32.1 Å². The quantitative estimate of drug-likeness (QED) is 0.491. The van der Waals surface area contributed by atoms with Crippen molar-refractivity contribution >= 4 is 0 Å². The van der Waals surface area contributed by atoms with Crippen molar-refractivity contribution in [3.05, 3.63) is 35.4 Å². The van der Waals surface area contributed by atoms with Gasteiger partial charge in [-0.2, -0.15) is 0 Å². The molecule has 0 amide bonds. The number of aryl methyl sites for hydroxylation is 2. The third-order valence-electron chi connectivity index (χ3n) is 2.32. The fourth-order valence-corrected chi connectivity index (χ4v) is 1.69. The van der Waals surface area contributed by atoms with Gasteiger partial charge >= 0.3 is 0 Å². The molecule has 0 aliphatic heterocycles. The van der Waals surface area contributed by atoms with Gasteiger partial charge in [0.1, 0.15) is 0 Å². The standard InChI is InChI=1S/C11H12/c1-2-6-10-8-4-5-9-11(10)7-3-1/h4-5H,1-3,6-7H2.